The predicted octanol–water partition coefficient (Wildman–Crippen LogP) is 1.26. The van der Waals surface area contributed by atoms with E-state index >= 15 is 0 Å². The van der Waals surface area contributed by atoms with Crippen LogP contribution in [0.5, 0.6) is 0 Å². The van der Waals surface area contributed by atoms with Crippen LogP contribution >= 0.6 is 0 Å². The fourth-order valence-electron chi connectivity index (χ4n) is 2.31. The van der Waals surface area contributed by atoms with Crippen molar-refractivity contribution in [2.75, 3.05) is 38.1 Å². The summed E-state index contributed by atoms with van der Waals surface area (Å²) < 4.78 is 39.7. The zero-order valence-corrected chi connectivity index (χ0v) is 12.2. The van der Waals surface area contributed by atoms with Crippen LogP contribution in [0.4, 0.5) is 23.7 Å². The van der Waals surface area contributed by atoms with Gasteiger partial charge >= 0.3 is 12.3 Å². The van der Waals surface area contributed by atoms with Gasteiger partial charge in [-0.05, 0) is 12.1 Å². The Morgan fingerprint density at radius 3 is 2.30 bits per heavy atom. The van der Waals surface area contributed by atoms with Crippen LogP contribution in [0.15, 0.2) is 12.1 Å². The van der Waals surface area contributed by atoms with E-state index in [0.29, 0.717) is 0 Å². The molecule has 10 heteroatoms. The molecule has 2 amide bonds. The van der Waals surface area contributed by atoms with Crippen molar-refractivity contribution in [3.63, 3.8) is 0 Å². The molecule has 0 aromatic carbocycles. The first-order valence-corrected chi connectivity index (χ1v) is 6.77. The van der Waals surface area contributed by atoms with Gasteiger partial charge < -0.3 is 20.2 Å². The van der Waals surface area contributed by atoms with Gasteiger partial charge in [-0.3, -0.25) is 4.79 Å². The molecule has 0 radical (unpaired) electrons. The number of rotatable bonds is 2. The standard InChI is InChI=1S/C13H15F3N4O3/c1-17-11(21)8-2-3-9(10(18-8)13(14,15)16)19-4-6-20(7-5-19)12(22)23/h2-3H,4-7H2,1H3,(H,17,21)(H,22,23). The number of hydrogen-bond acceptors (Lipinski definition) is 4. The fraction of sp³-hybridized carbons (Fsp3) is 0.462. The Morgan fingerprint density at radius 1 is 1.22 bits per heavy atom. The molecule has 23 heavy (non-hydrogen) atoms. The molecule has 0 saturated carbocycles. The summed E-state index contributed by atoms with van der Waals surface area (Å²) in [6.45, 7) is 0.445. The zero-order chi connectivity index (χ0) is 17.2. The molecular formula is C13H15F3N4O3. The summed E-state index contributed by atoms with van der Waals surface area (Å²) in [4.78, 5) is 28.3. The number of amides is 2. The van der Waals surface area contributed by atoms with Gasteiger partial charge in [0.2, 0.25) is 0 Å². The SMILES string of the molecule is CNC(=O)c1ccc(N2CCN(C(=O)O)CC2)c(C(F)(F)F)n1. The quantitative estimate of drug-likeness (QED) is 0.852. The Morgan fingerprint density at radius 2 is 1.83 bits per heavy atom. The molecule has 0 bridgehead atoms. The number of piperazine rings is 1. The zero-order valence-electron chi connectivity index (χ0n) is 12.2. The molecule has 1 aliphatic heterocycles. The van der Waals surface area contributed by atoms with E-state index < -0.39 is 23.9 Å². The summed E-state index contributed by atoms with van der Waals surface area (Å²) >= 11 is 0. The molecule has 1 aromatic heterocycles. The van der Waals surface area contributed by atoms with Crippen LogP contribution < -0.4 is 10.2 Å². The molecule has 2 N–H and O–H groups in total. The van der Waals surface area contributed by atoms with E-state index in [0.717, 1.165) is 4.90 Å². The highest BCUT2D eigenvalue weighted by atomic mass is 19.4. The molecule has 2 rings (SSSR count). The maximum atomic E-state index is 13.2. The van der Waals surface area contributed by atoms with Crippen LogP contribution in [0.2, 0.25) is 0 Å². The minimum absolute atomic E-state index is 0.101. The Balaban J connectivity index is 2.32. The minimum atomic E-state index is -4.72. The maximum Gasteiger partial charge on any atom is 0.435 e. The van der Waals surface area contributed by atoms with Gasteiger partial charge in [-0.2, -0.15) is 13.2 Å². The van der Waals surface area contributed by atoms with Crippen LogP contribution in [-0.4, -0.2) is 60.2 Å². The van der Waals surface area contributed by atoms with Crippen LogP contribution in [0.25, 0.3) is 0 Å². The normalized spacial score (nSPS) is 15.5. The number of anilines is 1. The molecule has 0 spiro atoms. The van der Waals surface area contributed by atoms with E-state index in [9.17, 15) is 22.8 Å². The van der Waals surface area contributed by atoms with Gasteiger partial charge in [0, 0.05) is 33.2 Å². The molecule has 126 valence electrons. The number of carbonyl (C=O) groups is 2. The van der Waals surface area contributed by atoms with Crippen LogP contribution in [0, 0.1) is 0 Å². The van der Waals surface area contributed by atoms with Gasteiger partial charge in [0.15, 0.2) is 5.69 Å². The molecule has 7 nitrogen and oxygen atoms in total. The summed E-state index contributed by atoms with van der Waals surface area (Å²) in [5.41, 5.74) is -1.63. The van der Waals surface area contributed by atoms with E-state index in [4.69, 9.17) is 5.11 Å². The van der Waals surface area contributed by atoms with Crippen molar-refractivity contribution in [1.82, 2.24) is 15.2 Å². The van der Waals surface area contributed by atoms with Gasteiger partial charge in [-0.1, -0.05) is 0 Å². The van der Waals surface area contributed by atoms with Gasteiger partial charge in [-0.15, -0.1) is 0 Å². The number of hydrogen-bond donors (Lipinski definition) is 2. The Bertz CT molecular complexity index is 613. The van der Waals surface area contributed by atoms with Gasteiger partial charge in [0.05, 0.1) is 5.69 Å². The second-order valence-electron chi connectivity index (χ2n) is 4.90. The van der Waals surface area contributed by atoms with Crippen LogP contribution in [-0.2, 0) is 6.18 Å². The van der Waals surface area contributed by atoms with Crippen molar-refractivity contribution < 1.29 is 27.9 Å². The van der Waals surface area contributed by atoms with Crippen molar-refractivity contribution in [2.45, 2.75) is 6.18 Å². The van der Waals surface area contributed by atoms with Gasteiger partial charge in [-0.25, -0.2) is 9.78 Å². The fourth-order valence-corrected chi connectivity index (χ4v) is 2.31. The number of alkyl halides is 3. The van der Waals surface area contributed by atoms with E-state index in [1.807, 2.05) is 0 Å². The summed E-state index contributed by atoms with van der Waals surface area (Å²) in [7, 11) is 1.30. The first-order chi connectivity index (χ1) is 10.7. The van der Waals surface area contributed by atoms with Crippen molar-refractivity contribution in [2.24, 2.45) is 0 Å². The molecule has 0 atom stereocenters. The largest absolute Gasteiger partial charge is 0.465 e. The summed E-state index contributed by atoms with van der Waals surface area (Å²) in [6.07, 6.45) is -5.82. The predicted molar refractivity (Wildman–Crippen MR) is 74.4 cm³/mol. The molecule has 1 fully saturated rings. The molecule has 0 aliphatic carbocycles. The number of carbonyl (C=O) groups excluding carboxylic acids is 1. The van der Waals surface area contributed by atoms with Crippen molar-refractivity contribution >= 4 is 17.7 Å². The summed E-state index contributed by atoms with van der Waals surface area (Å²) in [6, 6.07) is 2.41. The molecular weight excluding hydrogens is 317 g/mol. The third-order valence-corrected chi connectivity index (χ3v) is 3.49. The Labute approximate surface area is 129 Å². The van der Waals surface area contributed by atoms with E-state index in [2.05, 4.69) is 10.3 Å². The molecule has 1 aliphatic rings. The maximum absolute atomic E-state index is 13.2. The number of pyridine rings is 1. The van der Waals surface area contributed by atoms with Crippen LogP contribution in [0.3, 0.4) is 0 Å². The second-order valence-corrected chi connectivity index (χ2v) is 4.90. The highest BCUT2D eigenvalue weighted by Crippen LogP contribution is 2.35. The summed E-state index contributed by atoms with van der Waals surface area (Å²) in [5, 5.41) is 11.1. The average Bonchev–Trinajstić information content (AvgIpc) is 2.52. The number of nitrogens with zero attached hydrogens (tertiary/aromatic N) is 3. The van der Waals surface area contributed by atoms with Gasteiger partial charge in [0.1, 0.15) is 5.69 Å². The van der Waals surface area contributed by atoms with Crippen LogP contribution in [0.1, 0.15) is 16.2 Å². The number of nitrogens with one attached hydrogen (secondary N) is 1. The molecule has 2 heterocycles. The minimum Gasteiger partial charge on any atom is -0.465 e. The highest BCUT2D eigenvalue weighted by molar-refractivity contribution is 5.92. The average molecular weight is 332 g/mol. The van der Waals surface area contributed by atoms with Crippen molar-refractivity contribution in [1.29, 1.82) is 0 Å². The number of aromatic nitrogens is 1. The lowest BCUT2D eigenvalue weighted by Crippen LogP contribution is -2.48. The lowest BCUT2D eigenvalue weighted by molar-refractivity contribution is -0.140. The summed E-state index contributed by atoms with van der Waals surface area (Å²) in [5.74, 6) is -0.710. The second kappa shape index (κ2) is 6.31. The third-order valence-electron chi connectivity index (χ3n) is 3.49. The van der Waals surface area contributed by atoms with Crippen molar-refractivity contribution in [3.05, 3.63) is 23.5 Å². The first-order valence-electron chi connectivity index (χ1n) is 6.77. The van der Waals surface area contributed by atoms with E-state index in [-0.39, 0.29) is 37.6 Å². The monoisotopic (exact) mass is 332 g/mol. The lowest BCUT2D eigenvalue weighted by Gasteiger charge is -2.35. The lowest BCUT2D eigenvalue weighted by atomic mass is 10.2. The highest BCUT2D eigenvalue weighted by Gasteiger charge is 2.38. The Kier molecular flexibility index (Phi) is 4.62. The molecule has 1 aromatic rings. The smallest absolute Gasteiger partial charge is 0.435 e. The molecule has 1 saturated heterocycles. The topological polar surface area (TPSA) is 85.8 Å². The third kappa shape index (κ3) is 3.63. The number of halogens is 3. The van der Waals surface area contributed by atoms with Crippen molar-refractivity contribution in [3.8, 4) is 0 Å². The number of carboxylic acid groups (broad SMARTS) is 1. The Hall–Kier alpha value is -2.52. The van der Waals surface area contributed by atoms with E-state index in [1.165, 1.54) is 24.1 Å². The van der Waals surface area contributed by atoms with Gasteiger partial charge in [0.25, 0.3) is 5.91 Å². The van der Waals surface area contributed by atoms with E-state index in [1.54, 1.807) is 0 Å². The first kappa shape index (κ1) is 16.8. The molecule has 0 unspecified atom stereocenters.